The van der Waals surface area contributed by atoms with Gasteiger partial charge in [-0.2, -0.15) is 0 Å². The number of unbranched alkanes of at least 4 members (excludes halogenated alkanes) is 1. The number of nitrogens with two attached hydrogens (primary N) is 2. The van der Waals surface area contributed by atoms with Crippen molar-refractivity contribution in [1.29, 1.82) is 0 Å². The first-order valence-corrected chi connectivity index (χ1v) is 6.63. The van der Waals surface area contributed by atoms with Gasteiger partial charge in [0.1, 0.15) is 0 Å². The Morgan fingerprint density at radius 1 is 0.833 bits per heavy atom. The molecule has 6 nitrogen and oxygen atoms in total. The Labute approximate surface area is 111 Å². The third kappa shape index (κ3) is 9.76. The van der Waals surface area contributed by atoms with Gasteiger partial charge in [0.05, 0.1) is 12.2 Å². The van der Waals surface area contributed by atoms with Crippen molar-refractivity contribution in [1.82, 2.24) is 9.80 Å². The number of hydrogen-bond acceptors (Lipinski definition) is 6. The molecule has 0 aromatic rings. The van der Waals surface area contributed by atoms with Crippen LogP contribution in [-0.2, 0) is 0 Å². The van der Waals surface area contributed by atoms with Crippen molar-refractivity contribution < 1.29 is 10.2 Å². The third-order valence-electron chi connectivity index (χ3n) is 2.92. The molecule has 0 saturated carbocycles. The van der Waals surface area contributed by atoms with Gasteiger partial charge in [0.25, 0.3) is 0 Å². The number of aliphatic hydroxyl groups excluding tert-OH is 2. The molecule has 0 radical (unpaired) electrons. The lowest BCUT2D eigenvalue weighted by molar-refractivity contribution is 0.124. The summed E-state index contributed by atoms with van der Waals surface area (Å²) in [6, 6.07) is 0. The van der Waals surface area contributed by atoms with Gasteiger partial charge >= 0.3 is 0 Å². The smallest absolute Gasteiger partial charge is 0.0788 e. The fraction of sp³-hybridized carbons (Fsp3) is 1.00. The molecule has 0 bridgehead atoms. The third-order valence-corrected chi connectivity index (χ3v) is 2.92. The van der Waals surface area contributed by atoms with E-state index in [-0.39, 0.29) is 0 Å². The van der Waals surface area contributed by atoms with Crippen molar-refractivity contribution in [3.8, 4) is 0 Å². The second-order valence-corrected chi connectivity index (χ2v) is 5.01. The van der Waals surface area contributed by atoms with E-state index in [4.69, 9.17) is 11.5 Å². The quantitative estimate of drug-likeness (QED) is 0.330. The van der Waals surface area contributed by atoms with Crippen LogP contribution in [0.15, 0.2) is 0 Å². The van der Waals surface area contributed by atoms with Crippen LogP contribution in [0.2, 0.25) is 0 Å². The summed E-state index contributed by atoms with van der Waals surface area (Å²) < 4.78 is 0. The van der Waals surface area contributed by atoms with Gasteiger partial charge in [-0.3, -0.25) is 0 Å². The number of aliphatic hydroxyl groups is 2. The van der Waals surface area contributed by atoms with Crippen LogP contribution in [0.3, 0.4) is 0 Å². The zero-order valence-electron chi connectivity index (χ0n) is 11.8. The Kier molecular flexibility index (Phi) is 10.5. The monoisotopic (exact) mass is 262 g/mol. The SMILES string of the molecule is CN(CCCCN(C)CC(O)CN)CC(O)CN. The number of hydrogen-bond donors (Lipinski definition) is 4. The molecule has 0 aliphatic carbocycles. The zero-order chi connectivity index (χ0) is 14.0. The van der Waals surface area contributed by atoms with Crippen molar-refractivity contribution in [2.45, 2.75) is 25.0 Å². The molecule has 0 aliphatic rings. The Morgan fingerprint density at radius 2 is 1.17 bits per heavy atom. The van der Waals surface area contributed by atoms with Crippen LogP contribution in [-0.4, -0.2) is 85.6 Å². The lowest BCUT2D eigenvalue weighted by Crippen LogP contribution is -2.36. The van der Waals surface area contributed by atoms with Crippen LogP contribution in [0.5, 0.6) is 0 Å². The van der Waals surface area contributed by atoms with E-state index in [0.29, 0.717) is 26.2 Å². The van der Waals surface area contributed by atoms with Gasteiger partial charge in [-0.1, -0.05) is 0 Å². The highest BCUT2D eigenvalue weighted by Crippen LogP contribution is 1.97. The van der Waals surface area contributed by atoms with Crippen LogP contribution in [0.1, 0.15) is 12.8 Å². The summed E-state index contributed by atoms with van der Waals surface area (Å²) in [5, 5.41) is 18.8. The standard InChI is InChI=1S/C12H30N4O2/c1-15(9-11(17)7-13)5-3-4-6-16(2)10-12(18)8-14/h11-12,17-18H,3-10,13-14H2,1-2H3. The summed E-state index contributed by atoms with van der Waals surface area (Å²) in [4.78, 5) is 4.18. The Morgan fingerprint density at radius 3 is 1.44 bits per heavy atom. The first kappa shape index (κ1) is 17.8. The molecule has 6 N–H and O–H groups in total. The predicted octanol–water partition coefficient (Wildman–Crippen LogP) is -1.73. The molecule has 0 saturated heterocycles. The van der Waals surface area contributed by atoms with Crippen molar-refractivity contribution in [3.05, 3.63) is 0 Å². The van der Waals surface area contributed by atoms with E-state index in [0.717, 1.165) is 25.9 Å². The van der Waals surface area contributed by atoms with Crippen molar-refractivity contribution >= 4 is 0 Å². The molecular weight excluding hydrogens is 232 g/mol. The minimum absolute atomic E-state index is 0.310. The van der Waals surface area contributed by atoms with E-state index in [1.165, 1.54) is 0 Å². The van der Waals surface area contributed by atoms with Gasteiger partial charge in [0, 0.05) is 26.2 Å². The van der Waals surface area contributed by atoms with Gasteiger partial charge < -0.3 is 31.5 Å². The first-order chi connectivity index (χ1) is 8.49. The van der Waals surface area contributed by atoms with E-state index >= 15 is 0 Å². The average molecular weight is 262 g/mol. The minimum atomic E-state index is -0.433. The number of nitrogens with zero attached hydrogens (tertiary/aromatic N) is 2. The molecular formula is C12H30N4O2. The normalized spacial score (nSPS) is 15.3. The van der Waals surface area contributed by atoms with Crippen LogP contribution >= 0.6 is 0 Å². The maximum atomic E-state index is 9.38. The summed E-state index contributed by atoms with van der Waals surface area (Å²) in [5.74, 6) is 0. The second kappa shape index (κ2) is 10.7. The molecule has 0 aromatic carbocycles. The average Bonchev–Trinajstić information content (AvgIpc) is 2.34. The maximum Gasteiger partial charge on any atom is 0.0788 e. The topological polar surface area (TPSA) is 99.0 Å². The largest absolute Gasteiger partial charge is 0.390 e. The lowest BCUT2D eigenvalue weighted by Gasteiger charge is -2.21. The van der Waals surface area contributed by atoms with E-state index in [1.54, 1.807) is 0 Å². The molecule has 0 fully saturated rings. The molecule has 0 spiro atoms. The molecule has 2 unspecified atom stereocenters. The zero-order valence-corrected chi connectivity index (χ0v) is 11.8. The van der Waals surface area contributed by atoms with Gasteiger partial charge in [0.15, 0.2) is 0 Å². The summed E-state index contributed by atoms with van der Waals surface area (Å²) in [6.45, 7) is 3.76. The second-order valence-electron chi connectivity index (χ2n) is 5.01. The molecule has 6 heteroatoms. The lowest BCUT2D eigenvalue weighted by atomic mass is 10.2. The van der Waals surface area contributed by atoms with Crippen molar-refractivity contribution in [2.24, 2.45) is 11.5 Å². The molecule has 18 heavy (non-hydrogen) atoms. The van der Waals surface area contributed by atoms with Gasteiger partial charge in [-0.25, -0.2) is 0 Å². The number of likely N-dealkylation sites (N-methyl/N-ethyl adjacent to an activating group) is 2. The summed E-state index contributed by atoms with van der Waals surface area (Å²) in [5.41, 5.74) is 10.7. The van der Waals surface area contributed by atoms with Crippen LogP contribution < -0.4 is 11.5 Å². The molecule has 0 aromatic heterocycles. The maximum absolute atomic E-state index is 9.38. The molecule has 0 rings (SSSR count). The van der Waals surface area contributed by atoms with E-state index < -0.39 is 12.2 Å². The van der Waals surface area contributed by atoms with Crippen LogP contribution in [0, 0.1) is 0 Å². The van der Waals surface area contributed by atoms with E-state index in [9.17, 15) is 10.2 Å². The van der Waals surface area contributed by atoms with E-state index in [1.807, 2.05) is 14.1 Å². The Hall–Kier alpha value is -0.240. The highest BCUT2D eigenvalue weighted by molar-refractivity contribution is 4.64. The highest BCUT2D eigenvalue weighted by atomic mass is 16.3. The molecule has 0 heterocycles. The summed E-state index contributed by atoms with van der Waals surface area (Å²) in [7, 11) is 3.97. The first-order valence-electron chi connectivity index (χ1n) is 6.63. The molecule has 2 atom stereocenters. The molecule has 0 amide bonds. The minimum Gasteiger partial charge on any atom is -0.390 e. The van der Waals surface area contributed by atoms with E-state index in [2.05, 4.69) is 9.80 Å². The fourth-order valence-electron chi connectivity index (χ4n) is 1.81. The predicted molar refractivity (Wildman–Crippen MR) is 74.4 cm³/mol. The van der Waals surface area contributed by atoms with Crippen molar-refractivity contribution in [2.75, 3.05) is 53.4 Å². The van der Waals surface area contributed by atoms with Crippen LogP contribution in [0.4, 0.5) is 0 Å². The fourth-order valence-corrected chi connectivity index (χ4v) is 1.81. The molecule has 0 aliphatic heterocycles. The Bertz CT molecular complexity index is 175. The van der Waals surface area contributed by atoms with Crippen molar-refractivity contribution in [3.63, 3.8) is 0 Å². The van der Waals surface area contributed by atoms with Crippen LogP contribution in [0.25, 0.3) is 0 Å². The van der Waals surface area contributed by atoms with Gasteiger partial charge in [-0.05, 0) is 40.0 Å². The summed E-state index contributed by atoms with van der Waals surface area (Å²) >= 11 is 0. The Balaban J connectivity index is 3.49. The molecule has 110 valence electrons. The van der Waals surface area contributed by atoms with Gasteiger partial charge in [-0.15, -0.1) is 0 Å². The highest BCUT2D eigenvalue weighted by Gasteiger charge is 2.07. The number of rotatable bonds is 11. The van der Waals surface area contributed by atoms with Gasteiger partial charge in [0.2, 0.25) is 0 Å². The summed E-state index contributed by atoms with van der Waals surface area (Å²) in [6.07, 6.45) is 1.27.